The molecule has 0 saturated heterocycles. The van der Waals surface area contributed by atoms with Crippen molar-refractivity contribution in [2.24, 2.45) is 7.05 Å². The van der Waals surface area contributed by atoms with E-state index in [9.17, 15) is 4.79 Å². The van der Waals surface area contributed by atoms with Crippen LogP contribution in [0.25, 0.3) is 6.08 Å². The molecule has 5 nitrogen and oxygen atoms in total. The van der Waals surface area contributed by atoms with Crippen molar-refractivity contribution >= 4 is 23.6 Å². The van der Waals surface area contributed by atoms with Gasteiger partial charge < -0.3 is 9.64 Å². The van der Waals surface area contributed by atoms with E-state index in [1.807, 2.05) is 38.1 Å². The molecule has 0 saturated carbocycles. The number of likely N-dealkylation sites (N-methyl/N-ethyl adjacent to an activating group) is 1. The Bertz CT molecular complexity index is 735. The predicted molar refractivity (Wildman–Crippen MR) is 96.1 cm³/mol. The maximum atomic E-state index is 12.3. The number of aryl methyl sites for hydroxylation is 2. The van der Waals surface area contributed by atoms with Crippen LogP contribution >= 0.6 is 11.6 Å². The summed E-state index contributed by atoms with van der Waals surface area (Å²) in [6.07, 6.45) is 3.23. The van der Waals surface area contributed by atoms with Gasteiger partial charge in [-0.2, -0.15) is 5.10 Å². The van der Waals surface area contributed by atoms with Crippen molar-refractivity contribution in [3.8, 4) is 5.75 Å². The van der Waals surface area contributed by atoms with Crippen LogP contribution in [-0.2, 0) is 18.4 Å². The Morgan fingerprint density at radius 2 is 2.04 bits per heavy atom. The van der Waals surface area contributed by atoms with Crippen LogP contribution < -0.4 is 4.74 Å². The zero-order valence-electron chi connectivity index (χ0n) is 14.4. The molecular weight excluding hydrogens is 326 g/mol. The highest BCUT2D eigenvalue weighted by Gasteiger charge is 2.10. The molecule has 1 amide bonds. The zero-order chi connectivity index (χ0) is 17.7. The third-order valence-electron chi connectivity index (χ3n) is 3.62. The first-order chi connectivity index (χ1) is 11.4. The Morgan fingerprint density at radius 3 is 2.58 bits per heavy atom. The summed E-state index contributed by atoms with van der Waals surface area (Å²) < 4.78 is 7.00. The summed E-state index contributed by atoms with van der Waals surface area (Å²) in [5.41, 5.74) is 2.60. The molecule has 24 heavy (non-hydrogen) atoms. The van der Waals surface area contributed by atoms with E-state index in [2.05, 4.69) is 5.10 Å². The first kappa shape index (κ1) is 18.1. The third kappa shape index (κ3) is 4.38. The molecule has 0 aliphatic heterocycles. The standard InChI is InChI=1S/C18H22ClN3O2/c1-5-24-15-8-6-14(7-9-15)12-21(3)17(23)11-10-16-13(2)20-22(4)18(16)19/h6-11H,5,12H2,1-4H3/b11-10+. The fourth-order valence-electron chi connectivity index (χ4n) is 2.33. The van der Waals surface area contributed by atoms with Gasteiger partial charge in [-0.05, 0) is 37.6 Å². The monoisotopic (exact) mass is 347 g/mol. The lowest BCUT2D eigenvalue weighted by Gasteiger charge is -2.15. The normalized spacial score (nSPS) is 11.0. The van der Waals surface area contributed by atoms with E-state index < -0.39 is 0 Å². The zero-order valence-corrected chi connectivity index (χ0v) is 15.2. The molecule has 1 aromatic carbocycles. The molecule has 0 aliphatic rings. The van der Waals surface area contributed by atoms with Crippen LogP contribution in [0, 0.1) is 6.92 Å². The van der Waals surface area contributed by atoms with Gasteiger partial charge in [-0.25, -0.2) is 0 Å². The van der Waals surface area contributed by atoms with Crippen LogP contribution in [0.4, 0.5) is 0 Å². The second-order valence-corrected chi connectivity index (χ2v) is 5.88. The van der Waals surface area contributed by atoms with Crippen molar-refractivity contribution in [1.82, 2.24) is 14.7 Å². The van der Waals surface area contributed by atoms with Gasteiger partial charge >= 0.3 is 0 Å². The lowest BCUT2D eigenvalue weighted by molar-refractivity contribution is -0.125. The molecule has 0 bridgehead atoms. The number of rotatable bonds is 6. The molecule has 0 radical (unpaired) electrons. The van der Waals surface area contributed by atoms with Crippen molar-refractivity contribution in [1.29, 1.82) is 0 Å². The largest absolute Gasteiger partial charge is 0.494 e. The highest BCUT2D eigenvalue weighted by atomic mass is 35.5. The van der Waals surface area contributed by atoms with Gasteiger partial charge in [-0.3, -0.25) is 9.48 Å². The number of carbonyl (C=O) groups excluding carboxylic acids is 1. The van der Waals surface area contributed by atoms with Gasteiger partial charge in [0.15, 0.2) is 0 Å². The minimum absolute atomic E-state index is 0.0943. The minimum atomic E-state index is -0.0943. The second kappa shape index (κ2) is 8.02. The van der Waals surface area contributed by atoms with Crippen molar-refractivity contribution in [3.05, 3.63) is 52.3 Å². The SMILES string of the molecule is CCOc1ccc(CN(C)C(=O)/C=C/c2c(C)nn(C)c2Cl)cc1. The topological polar surface area (TPSA) is 47.4 Å². The van der Waals surface area contributed by atoms with Crippen LogP contribution in [0.5, 0.6) is 5.75 Å². The first-order valence-electron chi connectivity index (χ1n) is 7.76. The fourth-order valence-corrected chi connectivity index (χ4v) is 2.56. The minimum Gasteiger partial charge on any atom is -0.494 e. The van der Waals surface area contributed by atoms with Crippen molar-refractivity contribution < 1.29 is 9.53 Å². The molecule has 2 aromatic rings. The van der Waals surface area contributed by atoms with Gasteiger partial charge in [0.05, 0.1) is 12.3 Å². The predicted octanol–water partition coefficient (Wildman–Crippen LogP) is 3.45. The van der Waals surface area contributed by atoms with E-state index in [0.29, 0.717) is 18.3 Å². The average molecular weight is 348 g/mol. The Hall–Kier alpha value is -2.27. The van der Waals surface area contributed by atoms with E-state index in [1.165, 1.54) is 6.08 Å². The summed E-state index contributed by atoms with van der Waals surface area (Å²) in [6, 6.07) is 7.73. The van der Waals surface area contributed by atoms with Crippen LogP contribution in [0.3, 0.4) is 0 Å². The van der Waals surface area contributed by atoms with E-state index in [0.717, 1.165) is 22.6 Å². The summed E-state index contributed by atoms with van der Waals surface area (Å²) in [7, 11) is 3.54. The van der Waals surface area contributed by atoms with Crippen molar-refractivity contribution in [2.75, 3.05) is 13.7 Å². The van der Waals surface area contributed by atoms with Gasteiger partial charge in [0.1, 0.15) is 10.9 Å². The number of hydrogen-bond donors (Lipinski definition) is 0. The summed E-state index contributed by atoms with van der Waals surface area (Å²) >= 11 is 6.16. The molecule has 6 heteroatoms. The van der Waals surface area contributed by atoms with Crippen LogP contribution in [0.15, 0.2) is 30.3 Å². The Morgan fingerprint density at radius 1 is 1.38 bits per heavy atom. The quantitative estimate of drug-likeness (QED) is 0.752. The summed E-state index contributed by atoms with van der Waals surface area (Å²) in [5.74, 6) is 0.736. The molecule has 0 aliphatic carbocycles. The van der Waals surface area contributed by atoms with E-state index in [1.54, 1.807) is 29.8 Å². The molecule has 1 heterocycles. The number of aromatic nitrogens is 2. The molecule has 0 spiro atoms. The Labute approximate surface area is 147 Å². The fraction of sp³-hybridized carbons (Fsp3) is 0.333. The number of benzene rings is 1. The van der Waals surface area contributed by atoms with E-state index in [4.69, 9.17) is 16.3 Å². The van der Waals surface area contributed by atoms with Crippen LogP contribution in [0.1, 0.15) is 23.7 Å². The van der Waals surface area contributed by atoms with Crippen molar-refractivity contribution in [3.63, 3.8) is 0 Å². The van der Waals surface area contributed by atoms with Gasteiger partial charge in [0.2, 0.25) is 5.91 Å². The lowest BCUT2D eigenvalue weighted by atomic mass is 10.2. The first-order valence-corrected chi connectivity index (χ1v) is 8.14. The number of hydrogen-bond acceptors (Lipinski definition) is 3. The molecule has 0 atom stereocenters. The molecule has 0 unspecified atom stereocenters. The van der Waals surface area contributed by atoms with E-state index in [-0.39, 0.29) is 5.91 Å². The highest BCUT2D eigenvalue weighted by molar-refractivity contribution is 6.31. The summed E-state index contributed by atoms with van der Waals surface area (Å²) in [6.45, 7) is 4.97. The summed E-state index contributed by atoms with van der Waals surface area (Å²) in [5, 5.41) is 4.74. The lowest BCUT2D eigenvalue weighted by Crippen LogP contribution is -2.24. The van der Waals surface area contributed by atoms with Crippen molar-refractivity contribution in [2.45, 2.75) is 20.4 Å². The number of carbonyl (C=O) groups is 1. The van der Waals surface area contributed by atoms with Gasteiger partial charge in [0, 0.05) is 32.3 Å². The third-order valence-corrected chi connectivity index (χ3v) is 4.07. The Balaban J connectivity index is 2.00. The smallest absolute Gasteiger partial charge is 0.246 e. The van der Waals surface area contributed by atoms with Gasteiger partial charge in [-0.1, -0.05) is 23.7 Å². The van der Waals surface area contributed by atoms with Gasteiger partial charge in [0.25, 0.3) is 0 Å². The molecule has 0 fully saturated rings. The highest BCUT2D eigenvalue weighted by Crippen LogP contribution is 2.20. The number of halogens is 1. The molecular formula is C18H22ClN3O2. The number of ether oxygens (including phenoxy) is 1. The van der Waals surface area contributed by atoms with Crippen LogP contribution in [0.2, 0.25) is 5.15 Å². The molecule has 1 aromatic heterocycles. The number of nitrogens with zero attached hydrogens (tertiary/aromatic N) is 3. The Kier molecular flexibility index (Phi) is 6.04. The molecule has 128 valence electrons. The number of amides is 1. The maximum Gasteiger partial charge on any atom is 0.246 e. The summed E-state index contributed by atoms with van der Waals surface area (Å²) in [4.78, 5) is 13.9. The average Bonchev–Trinajstić information content (AvgIpc) is 2.80. The second-order valence-electron chi connectivity index (χ2n) is 5.52. The van der Waals surface area contributed by atoms with Gasteiger partial charge in [-0.15, -0.1) is 0 Å². The van der Waals surface area contributed by atoms with Crippen LogP contribution in [-0.4, -0.2) is 34.2 Å². The maximum absolute atomic E-state index is 12.3. The molecule has 2 rings (SSSR count). The van der Waals surface area contributed by atoms with E-state index >= 15 is 0 Å². The molecule has 0 N–H and O–H groups in total.